The van der Waals surface area contributed by atoms with Crippen LogP contribution >= 0.6 is 0 Å². The lowest BCUT2D eigenvalue weighted by Crippen LogP contribution is -2.15. The molecular formula is C7H6N2O-. The van der Waals surface area contributed by atoms with Gasteiger partial charge in [-0.05, 0) is 11.4 Å². The maximum absolute atomic E-state index is 9.89. The lowest BCUT2D eigenvalue weighted by molar-refractivity contribution is 0.134. The van der Waals surface area contributed by atoms with Gasteiger partial charge in [0.05, 0.1) is 0 Å². The average molecular weight is 134 g/mol. The number of nitrogens with zero attached hydrogens (tertiary/aromatic N) is 1. The molecule has 0 saturated carbocycles. The lowest BCUT2D eigenvalue weighted by atomic mass is 10.2. The zero-order valence-corrected chi connectivity index (χ0v) is 5.24. The van der Waals surface area contributed by atoms with Crippen LogP contribution in [-0.2, 0) is 5.21 Å². The maximum atomic E-state index is 9.89. The first-order valence-corrected chi connectivity index (χ1v) is 2.84. The van der Waals surface area contributed by atoms with Gasteiger partial charge in [0.25, 0.3) is 0 Å². The number of hydroxylamine groups is 1. The fraction of sp³-hybridized carbons (Fsp3) is 0. The first-order valence-electron chi connectivity index (χ1n) is 2.84. The third-order valence-electron chi connectivity index (χ3n) is 1.14. The van der Waals surface area contributed by atoms with Gasteiger partial charge in [-0.2, -0.15) is 5.21 Å². The molecule has 51 valence electrons. The summed E-state index contributed by atoms with van der Waals surface area (Å²) in [6.07, 6.45) is 0. The van der Waals surface area contributed by atoms with Gasteiger partial charge in [-0.1, -0.05) is 30.3 Å². The Labute approximate surface area is 58.8 Å². The molecule has 0 spiro atoms. The molecule has 0 bridgehead atoms. The van der Waals surface area contributed by atoms with Gasteiger partial charge in [0.2, 0.25) is 0 Å². The highest BCUT2D eigenvalue weighted by Gasteiger charge is 1.86. The summed E-state index contributed by atoms with van der Waals surface area (Å²) in [6, 6.07) is 8.56. The first kappa shape index (κ1) is 6.77. The topological polar surface area (TPSA) is 54.2 Å². The van der Waals surface area contributed by atoms with E-state index in [0.717, 1.165) is 0 Å². The van der Waals surface area contributed by atoms with E-state index in [1.54, 1.807) is 24.3 Å². The Balaban J connectivity index is 2.85. The molecule has 0 aliphatic heterocycles. The molecule has 0 unspecified atom stereocenters. The van der Waals surface area contributed by atoms with Crippen molar-refractivity contribution in [2.75, 3.05) is 0 Å². The van der Waals surface area contributed by atoms with Gasteiger partial charge in [-0.25, -0.2) is 0 Å². The van der Waals surface area contributed by atoms with E-state index in [1.165, 1.54) is 5.48 Å². The lowest BCUT2D eigenvalue weighted by Gasteiger charge is -2.06. The summed E-state index contributed by atoms with van der Waals surface area (Å²) in [4.78, 5) is 0. The fourth-order valence-corrected chi connectivity index (χ4v) is 0.655. The Morgan fingerprint density at radius 1 is 1.30 bits per heavy atom. The third-order valence-corrected chi connectivity index (χ3v) is 1.14. The number of hydrogen-bond acceptors (Lipinski definition) is 0. The minimum Gasteiger partial charge on any atom is -0.463 e. The number of benzene rings is 1. The first-order chi connectivity index (χ1) is 4.84. The van der Waals surface area contributed by atoms with Crippen LogP contribution in [0.15, 0.2) is 30.3 Å². The normalized spacial score (nSPS) is 8.90. The predicted molar refractivity (Wildman–Crippen MR) is 37.7 cm³/mol. The minimum absolute atomic E-state index is 0.347. The van der Waals surface area contributed by atoms with Crippen LogP contribution in [0.4, 0.5) is 0 Å². The molecule has 1 aromatic carbocycles. The second-order valence-corrected chi connectivity index (χ2v) is 1.82. The van der Waals surface area contributed by atoms with E-state index in [4.69, 9.17) is 5.41 Å². The molecule has 0 heterocycles. The molecule has 0 amide bonds. The van der Waals surface area contributed by atoms with Gasteiger partial charge in [-0.3, -0.25) is 0 Å². The summed E-state index contributed by atoms with van der Waals surface area (Å²) < 4.78 is 0. The Hall–Kier alpha value is -1.35. The fourth-order valence-electron chi connectivity index (χ4n) is 0.655. The molecule has 1 radical (unpaired) electrons. The van der Waals surface area contributed by atoms with Crippen molar-refractivity contribution in [3.8, 4) is 0 Å². The van der Waals surface area contributed by atoms with E-state index < -0.39 is 0 Å². The predicted octanol–water partition coefficient (Wildman–Crippen LogP) is 0.938. The van der Waals surface area contributed by atoms with Crippen LogP contribution in [-0.4, -0.2) is 5.84 Å². The largest absolute Gasteiger partial charge is 0.463 e. The van der Waals surface area contributed by atoms with Crippen molar-refractivity contribution in [1.29, 1.82) is 0 Å². The highest BCUT2D eigenvalue weighted by Crippen LogP contribution is 1.96. The summed E-state index contributed by atoms with van der Waals surface area (Å²) in [7, 11) is 0. The molecule has 0 fully saturated rings. The summed E-state index contributed by atoms with van der Waals surface area (Å²) in [5.41, 5.74) is 1.90. The highest BCUT2D eigenvalue weighted by molar-refractivity contribution is 6.00. The van der Waals surface area contributed by atoms with E-state index in [-0.39, 0.29) is 5.84 Å². The quantitative estimate of drug-likeness (QED) is 0.347. The number of nitrogens with one attached hydrogen (secondary N) is 1. The van der Waals surface area contributed by atoms with Crippen LogP contribution in [0.25, 0.3) is 5.41 Å². The summed E-state index contributed by atoms with van der Waals surface area (Å²) in [5.74, 6) is -0.347. The summed E-state index contributed by atoms with van der Waals surface area (Å²) in [5, 5.41) is 18.7. The average Bonchev–Trinajstić information content (AvgIpc) is 2.05. The molecule has 0 atom stereocenters. The van der Waals surface area contributed by atoms with E-state index in [2.05, 4.69) is 0 Å². The highest BCUT2D eigenvalue weighted by atomic mass is 16.5. The summed E-state index contributed by atoms with van der Waals surface area (Å²) >= 11 is 0. The zero-order chi connectivity index (χ0) is 7.40. The van der Waals surface area contributed by atoms with Crippen LogP contribution in [0, 0.1) is 0 Å². The van der Waals surface area contributed by atoms with Gasteiger partial charge in [0, 0.05) is 0 Å². The van der Waals surface area contributed by atoms with Crippen molar-refractivity contribution in [2.24, 2.45) is 0 Å². The molecule has 0 aliphatic carbocycles. The van der Waals surface area contributed by atoms with Crippen molar-refractivity contribution in [2.45, 2.75) is 0 Å². The molecule has 1 rings (SSSR count). The second-order valence-electron chi connectivity index (χ2n) is 1.82. The van der Waals surface area contributed by atoms with E-state index in [9.17, 15) is 5.21 Å². The molecule has 3 heteroatoms. The van der Waals surface area contributed by atoms with Crippen molar-refractivity contribution >= 4 is 5.84 Å². The van der Waals surface area contributed by atoms with Gasteiger partial charge < -0.3 is 10.9 Å². The number of rotatable bonds is 1. The number of hydrogen-bond donors (Lipinski definition) is 1. The Kier molecular flexibility index (Phi) is 2.02. The van der Waals surface area contributed by atoms with Crippen LogP contribution < -0.4 is 5.48 Å². The molecule has 10 heavy (non-hydrogen) atoms. The third kappa shape index (κ3) is 1.33. The Morgan fingerprint density at radius 3 is 2.40 bits per heavy atom. The molecule has 3 nitrogen and oxygen atoms in total. The second kappa shape index (κ2) is 2.98. The molecule has 1 N–H and O–H groups in total. The van der Waals surface area contributed by atoms with E-state index >= 15 is 0 Å². The zero-order valence-electron chi connectivity index (χ0n) is 5.24. The SMILES string of the molecule is [N-]=C(N[O])c1ccccc1. The maximum Gasteiger partial charge on any atom is -0.0254 e. The summed E-state index contributed by atoms with van der Waals surface area (Å²) in [6.45, 7) is 0. The minimum atomic E-state index is -0.347. The van der Waals surface area contributed by atoms with Crippen LogP contribution in [0.3, 0.4) is 0 Å². The van der Waals surface area contributed by atoms with Gasteiger partial charge in [-0.15, -0.1) is 0 Å². The van der Waals surface area contributed by atoms with Gasteiger partial charge in [0.1, 0.15) is 0 Å². The van der Waals surface area contributed by atoms with E-state index in [0.29, 0.717) is 5.56 Å². The van der Waals surface area contributed by atoms with Crippen molar-refractivity contribution in [1.82, 2.24) is 5.48 Å². The van der Waals surface area contributed by atoms with Gasteiger partial charge in [0.15, 0.2) is 0 Å². The molecule has 0 aliphatic rings. The van der Waals surface area contributed by atoms with Crippen molar-refractivity contribution in [3.05, 3.63) is 41.3 Å². The molecule has 0 aromatic heterocycles. The van der Waals surface area contributed by atoms with E-state index in [1.807, 2.05) is 6.07 Å². The standard InChI is InChI=1S/C7H6N2O/c8-7(9-10)6-4-2-1-3-5-6/h1-5H,(H-,8,9)/q-1. The van der Waals surface area contributed by atoms with Crippen LogP contribution in [0.5, 0.6) is 0 Å². The number of amidine groups is 1. The van der Waals surface area contributed by atoms with Crippen molar-refractivity contribution < 1.29 is 5.21 Å². The van der Waals surface area contributed by atoms with Crippen molar-refractivity contribution in [3.63, 3.8) is 0 Å². The molecule has 1 aromatic rings. The smallest absolute Gasteiger partial charge is 0.0254 e. The molecule has 0 saturated heterocycles. The van der Waals surface area contributed by atoms with Crippen LogP contribution in [0.2, 0.25) is 0 Å². The van der Waals surface area contributed by atoms with Crippen LogP contribution in [0.1, 0.15) is 5.56 Å². The Morgan fingerprint density at radius 2 is 1.90 bits per heavy atom. The molecular weight excluding hydrogens is 128 g/mol. The Bertz CT molecular complexity index is 220. The monoisotopic (exact) mass is 134 g/mol. The van der Waals surface area contributed by atoms with Gasteiger partial charge >= 0.3 is 0 Å².